The van der Waals surface area contributed by atoms with E-state index in [0.717, 1.165) is 19.8 Å². The molecule has 0 radical (unpaired) electrons. The maximum atomic E-state index is 12.2. The lowest BCUT2D eigenvalue weighted by Gasteiger charge is -2.26. The van der Waals surface area contributed by atoms with Gasteiger partial charge in [0.2, 0.25) is 5.91 Å². The Morgan fingerprint density at radius 2 is 1.58 bits per heavy atom. The van der Waals surface area contributed by atoms with Crippen LogP contribution in [-0.2, 0) is 40.0 Å². The molecule has 4 N–H and O–H groups in total. The van der Waals surface area contributed by atoms with Crippen molar-refractivity contribution < 1.29 is 48.4 Å². The van der Waals surface area contributed by atoms with Gasteiger partial charge in [0, 0.05) is 12.5 Å². The molecule has 2 amide bonds. The van der Waals surface area contributed by atoms with Crippen molar-refractivity contribution in [1.82, 2.24) is 10.6 Å². The first-order valence-corrected chi connectivity index (χ1v) is 9.91. The summed E-state index contributed by atoms with van der Waals surface area (Å²) in [6.45, 7) is 0.947. The van der Waals surface area contributed by atoms with E-state index in [-0.39, 0.29) is 13.2 Å². The molecule has 0 bridgehead atoms. The van der Waals surface area contributed by atoms with Crippen molar-refractivity contribution in [2.75, 3.05) is 20.8 Å². The second kappa shape index (κ2) is 13.7. The summed E-state index contributed by atoms with van der Waals surface area (Å²) in [4.78, 5) is 59.4. The normalized spacial score (nSPS) is 13.2. The third kappa shape index (κ3) is 9.15. The zero-order valence-electron chi connectivity index (χ0n) is 18.5. The number of carboxylic acid groups (broad SMARTS) is 1. The van der Waals surface area contributed by atoms with Gasteiger partial charge in [0.1, 0.15) is 12.6 Å². The average molecular weight is 468 g/mol. The number of alkyl carbamates (subject to hydrolysis) is 1. The Morgan fingerprint density at radius 1 is 1.00 bits per heavy atom. The van der Waals surface area contributed by atoms with Crippen molar-refractivity contribution in [2.24, 2.45) is 11.8 Å². The predicted molar refractivity (Wildman–Crippen MR) is 112 cm³/mol. The van der Waals surface area contributed by atoms with Crippen LogP contribution in [0.4, 0.5) is 4.79 Å². The van der Waals surface area contributed by atoms with Crippen LogP contribution in [0.5, 0.6) is 0 Å². The zero-order chi connectivity index (χ0) is 25.0. The van der Waals surface area contributed by atoms with Crippen LogP contribution in [0.25, 0.3) is 0 Å². The Balaban J connectivity index is 2.59. The van der Waals surface area contributed by atoms with Gasteiger partial charge < -0.3 is 35.1 Å². The van der Waals surface area contributed by atoms with E-state index in [0.29, 0.717) is 0 Å². The van der Waals surface area contributed by atoms with E-state index in [4.69, 9.17) is 4.74 Å². The fraction of sp³-hybridized carbons (Fsp3) is 0.476. The number of aliphatic hydroxyl groups excluding tert-OH is 1. The minimum atomic E-state index is -1.66. The lowest BCUT2D eigenvalue weighted by molar-refractivity contribution is -0.163. The molecule has 12 heteroatoms. The van der Waals surface area contributed by atoms with E-state index < -0.39 is 60.3 Å². The van der Waals surface area contributed by atoms with Gasteiger partial charge in [0.25, 0.3) is 0 Å². The zero-order valence-corrected chi connectivity index (χ0v) is 18.5. The number of benzene rings is 1. The smallest absolute Gasteiger partial charge is 0.407 e. The lowest BCUT2D eigenvalue weighted by atomic mass is 9.87. The molecule has 0 aromatic heterocycles. The van der Waals surface area contributed by atoms with E-state index in [1.807, 2.05) is 6.07 Å². The quantitative estimate of drug-likeness (QED) is 0.183. The Morgan fingerprint density at radius 3 is 2.09 bits per heavy atom. The number of carbonyl (C=O) groups is 5. The molecule has 0 heterocycles. The molecule has 33 heavy (non-hydrogen) atoms. The van der Waals surface area contributed by atoms with Crippen LogP contribution in [0, 0.1) is 11.8 Å². The molecule has 0 fully saturated rings. The van der Waals surface area contributed by atoms with Crippen LogP contribution < -0.4 is 10.6 Å². The molecule has 1 aromatic rings. The second-order valence-electron chi connectivity index (χ2n) is 7.07. The van der Waals surface area contributed by atoms with Gasteiger partial charge in [0.15, 0.2) is 5.92 Å². The molecule has 0 saturated carbocycles. The van der Waals surface area contributed by atoms with Crippen LogP contribution in [0.2, 0.25) is 0 Å². The van der Waals surface area contributed by atoms with Crippen molar-refractivity contribution in [3.8, 4) is 0 Å². The molecule has 182 valence electrons. The van der Waals surface area contributed by atoms with Gasteiger partial charge in [-0.3, -0.25) is 14.4 Å². The van der Waals surface area contributed by atoms with Crippen LogP contribution in [0.1, 0.15) is 18.9 Å². The van der Waals surface area contributed by atoms with E-state index in [1.54, 1.807) is 24.3 Å². The van der Waals surface area contributed by atoms with Gasteiger partial charge in [-0.1, -0.05) is 37.3 Å². The number of hydrogen-bond acceptors (Lipinski definition) is 9. The van der Waals surface area contributed by atoms with Crippen molar-refractivity contribution in [3.05, 3.63) is 35.9 Å². The SMILES string of the molecule is COC(=O)C(C(=O)OC)[C@H](C)[C@H](NC(=O)C[C@H](O)CNC(=O)OCc1ccccc1)C(=O)O. The maximum absolute atomic E-state index is 12.2. The molecule has 0 unspecified atom stereocenters. The highest BCUT2D eigenvalue weighted by molar-refractivity contribution is 5.96. The first-order valence-electron chi connectivity index (χ1n) is 9.91. The highest BCUT2D eigenvalue weighted by atomic mass is 16.6. The third-order valence-electron chi connectivity index (χ3n) is 4.66. The number of carboxylic acids is 1. The molecule has 0 spiro atoms. The van der Waals surface area contributed by atoms with Gasteiger partial charge in [0.05, 0.1) is 26.7 Å². The minimum Gasteiger partial charge on any atom is -0.480 e. The minimum absolute atomic E-state index is 0.0169. The number of hydrogen-bond donors (Lipinski definition) is 4. The third-order valence-corrected chi connectivity index (χ3v) is 4.66. The summed E-state index contributed by atoms with van der Waals surface area (Å²) in [5.74, 6) is -7.25. The Labute approximate surface area is 190 Å². The number of rotatable bonds is 12. The Kier molecular flexibility index (Phi) is 11.3. The average Bonchev–Trinajstić information content (AvgIpc) is 2.79. The molecule has 0 aliphatic heterocycles. The second-order valence-corrected chi connectivity index (χ2v) is 7.07. The predicted octanol–water partition coefficient (Wildman–Crippen LogP) is -0.168. The summed E-state index contributed by atoms with van der Waals surface area (Å²) in [5.41, 5.74) is 0.763. The molecule has 0 aliphatic rings. The highest BCUT2D eigenvalue weighted by Crippen LogP contribution is 2.20. The highest BCUT2D eigenvalue weighted by Gasteiger charge is 2.42. The number of aliphatic hydroxyl groups is 1. The number of nitrogens with one attached hydrogen (secondary N) is 2. The Bertz CT molecular complexity index is 814. The standard InChI is InChI=1S/C21H28N2O10/c1-12(16(19(28)31-2)20(29)32-3)17(18(26)27)23-15(25)9-14(24)10-22-21(30)33-11-13-7-5-4-6-8-13/h4-8,12,14,16-17,24H,9-11H2,1-3H3,(H,22,30)(H,23,25)(H,26,27)/t12-,14-,17-/m0/s1. The molecule has 0 aliphatic carbocycles. The number of ether oxygens (including phenoxy) is 3. The van der Waals surface area contributed by atoms with E-state index in [2.05, 4.69) is 20.1 Å². The van der Waals surface area contributed by atoms with Crippen LogP contribution in [0.15, 0.2) is 30.3 Å². The van der Waals surface area contributed by atoms with Crippen LogP contribution >= 0.6 is 0 Å². The van der Waals surface area contributed by atoms with Crippen molar-refractivity contribution in [1.29, 1.82) is 0 Å². The summed E-state index contributed by atoms with van der Waals surface area (Å²) in [7, 11) is 2.04. The molecular formula is C21H28N2O10. The van der Waals surface area contributed by atoms with Gasteiger partial charge in [-0.05, 0) is 5.56 Å². The summed E-state index contributed by atoms with van der Waals surface area (Å²) in [6, 6.07) is 7.24. The van der Waals surface area contributed by atoms with Crippen LogP contribution in [0.3, 0.4) is 0 Å². The largest absolute Gasteiger partial charge is 0.480 e. The van der Waals surface area contributed by atoms with E-state index >= 15 is 0 Å². The molecular weight excluding hydrogens is 440 g/mol. The monoisotopic (exact) mass is 468 g/mol. The van der Waals surface area contributed by atoms with Gasteiger partial charge in [-0.15, -0.1) is 0 Å². The Hall–Kier alpha value is -3.67. The van der Waals surface area contributed by atoms with Crippen molar-refractivity contribution in [3.63, 3.8) is 0 Å². The number of carbonyl (C=O) groups excluding carboxylic acids is 4. The topological polar surface area (TPSA) is 178 Å². The number of aliphatic carboxylic acids is 1. The molecule has 12 nitrogen and oxygen atoms in total. The fourth-order valence-corrected chi connectivity index (χ4v) is 2.88. The molecule has 1 rings (SSSR count). The van der Waals surface area contributed by atoms with Crippen molar-refractivity contribution >= 4 is 29.9 Å². The molecule has 0 saturated heterocycles. The first kappa shape index (κ1) is 27.4. The lowest BCUT2D eigenvalue weighted by Crippen LogP contribution is -2.51. The molecule has 3 atom stereocenters. The summed E-state index contributed by atoms with van der Waals surface area (Å²) >= 11 is 0. The fourth-order valence-electron chi connectivity index (χ4n) is 2.88. The van der Waals surface area contributed by atoms with Crippen molar-refractivity contribution in [2.45, 2.75) is 32.1 Å². The first-order chi connectivity index (χ1) is 15.6. The molecule has 1 aromatic carbocycles. The van der Waals surface area contributed by atoms with Gasteiger partial charge in [-0.2, -0.15) is 0 Å². The summed E-state index contributed by atoms with van der Waals surface area (Å²) < 4.78 is 14.0. The number of esters is 2. The maximum Gasteiger partial charge on any atom is 0.407 e. The van der Waals surface area contributed by atoms with E-state index in [1.165, 1.54) is 6.92 Å². The van der Waals surface area contributed by atoms with E-state index in [9.17, 15) is 34.2 Å². The van der Waals surface area contributed by atoms with Gasteiger partial charge in [-0.25, -0.2) is 9.59 Å². The van der Waals surface area contributed by atoms with Gasteiger partial charge >= 0.3 is 24.0 Å². The number of methoxy groups -OCH3 is 2. The summed E-state index contributed by atoms with van der Waals surface area (Å²) in [5, 5.41) is 23.9. The van der Waals surface area contributed by atoms with Crippen LogP contribution in [-0.4, -0.2) is 73.0 Å². The number of amides is 2. The summed E-state index contributed by atoms with van der Waals surface area (Å²) in [6.07, 6.45) is -2.72.